The highest BCUT2D eigenvalue weighted by molar-refractivity contribution is 4.73. The molecule has 3 nitrogen and oxygen atoms in total. The molecular weight excluding hydrogens is 396 g/mol. The highest BCUT2D eigenvalue weighted by Crippen LogP contribution is 2.20. The molecule has 0 saturated carbocycles. The van der Waals surface area contributed by atoms with Gasteiger partial charge in [-0.25, -0.2) is 0 Å². The molecule has 1 fully saturated rings. The molecule has 0 amide bonds. The van der Waals surface area contributed by atoms with Crippen LogP contribution in [0, 0.1) is 5.92 Å². The zero-order valence-electron chi connectivity index (χ0n) is 22.1. The Kier molecular flexibility index (Phi) is 22.5. The molecule has 0 N–H and O–H groups in total. The van der Waals surface area contributed by atoms with Crippen LogP contribution in [0.5, 0.6) is 0 Å². The van der Waals surface area contributed by atoms with Crippen LogP contribution in [0.4, 0.5) is 0 Å². The van der Waals surface area contributed by atoms with E-state index in [2.05, 4.69) is 13.8 Å². The van der Waals surface area contributed by atoms with Gasteiger partial charge in [0.25, 0.3) is 0 Å². The number of unbranched alkanes of at least 4 members (excludes halogenated alkanes) is 17. The Morgan fingerprint density at radius 1 is 0.531 bits per heavy atom. The summed E-state index contributed by atoms with van der Waals surface area (Å²) in [6.45, 7) is 8.81. The van der Waals surface area contributed by atoms with Gasteiger partial charge in [-0.1, -0.05) is 123 Å². The topological polar surface area (TPSA) is 27.7 Å². The van der Waals surface area contributed by atoms with Gasteiger partial charge in [0.2, 0.25) is 0 Å². The number of ether oxygens (including phenoxy) is 3. The third-order valence-corrected chi connectivity index (χ3v) is 6.86. The van der Waals surface area contributed by atoms with Crippen LogP contribution in [0.3, 0.4) is 0 Å². The van der Waals surface area contributed by atoms with Crippen LogP contribution in [-0.4, -0.2) is 39.1 Å². The van der Waals surface area contributed by atoms with Gasteiger partial charge >= 0.3 is 0 Å². The molecule has 1 saturated heterocycles. The van der Waals surface area contributed by atoms with Crippen molar-refractivity contribution in [3.8, 4) is 0 Å². The van der Waals surface area contributed by atoms with E-state index < -0.39 is 0 Å². The summed E-state index contributed by atoms with van der Waals surface area (Å²) in [5.74, 6) is 0.570. The van der Waals surface area contributed by atoms with E-state index in [4.69, 9.17) is 14.2 Å². The largest absolute Gasteiger partial charge is 0.381 e. The predicted octanol–water partition coefficient (Wildman–Crippen LogP) is 8.88. The lowest BCUT2D eigenvalue weighted by molar-refractivity contribution is 0.0141. The summed E-state index contributed by atoms with van der Waals surface area (Å²) in [7, 11) is 0. The third kappa shape index (κ3) is 19.4. The Morgan fingerprint density at radius 2 is 0.938 bits per heavy atom. The molecule has 192 valence electrons. The molecule has 1 aliphatic rings. The lowest BCUT2D eigenvalue weighted by Gasteiger charge is -2.11. The van der Waals surface area contributed by atoms with Crippen molar-refractivity contribution in [2.45, 2.75) is 148 Å². The van der Waals surface area contributed by atoms with Crippen molar-refractivity contribution >= 4 is 0 Å². The van der Waals surface area contributed by atoms with E-state index in [1.54, 1.807) is 0 Å². The fourth-order valence-corrected chi connectivity index (χ4v) is 4.68. The Balaban J connectivity index is 1.72. The zero-order valence-corrected chi connectivity index (χ0v) is 22.1. The molecule has 2 atom stereocenters. The number of rotatable bonds is 25. The lowest BCUT2D eigenvalue weighted by Crippen LogP contribution is -2.15. The van der Waals surface area contributed by atoms with E-state index in [1.165, 1.54) is 122 Å². The first-order valence-corrected chi connectivity index (χ1v) is 14.6. The van der Waals surface area contributed by atoms with Gasteiger partial charge in [-0.3, -0.25) is 0 Å². The Bertz CT molecular complexity index is 360. The monoisotopic (exact) mass is 454 g/mol. The fourth-order valence-electron chi connectivity index (χ4n) is 4.68. The summed E-state index contributed by atoms with van der Waals surface area (Å²) in [5, 5.41) is 0. The highest BCUT2D eigenvalue weighted by atomic mass is 16.5. The molecule has 1 rings (SSSR count). The first kappa shape index (κ1) is 29.9. The minimum atomic E-state index is 0.292. The molecule has 0 spiro atoms. The molecule has 32 heavy (non-hydrogen) atoms. The average Bonchev–Trinajstić information content (AvgIpc) is 3.25. The van der Waals surface area contributed by atoms with Crippen LogP contribution >= 0.6 is 0 Å². The minimum Gasteiger partial charge on any atom is -0.381 e. The summed E-state index contributed by atoms with van der Waals surface area (Å²) in [5.41, 5.74) is 0. The van der Waals surface area contributed by atoms with Crippen LogP contribution < -0.4 is 0 Å². The average molecular weight is 455 g/mol. The van der Waals surface area contributed by atoms with E-state index in [9.17, 15) is 0 Å². The van der Waals surface area contributed by atoms with Crippen LogP contribution in [0.25, 0.3) is 0 Å². The molecule has 0 aromatic carbocycles. The van der Waals surface area contributed by atoms with Crippen molar-refractivity contribution < 1.29 is 14.2 Å². The molecule has 0 radical (unpaired) electrons. The van der Waals surface area contributed by atoms with Crippen molar-refractivity contribution in [3.63, 3.8) is 0 Å². The van der Waals surface area contributed by atoms with Gasteiger partial charge in [-0.2, -0.15) is 0 Å². The van der Waals surface area contributed by atoms with Crippen LogP contribution in [0.1, 0.15) is 142 Å². The molecule has 1 heterocycles. The van der Waals surface area contributed by atoms with Gasteiger partial charge in [-0.15, -0.1) is 0 Å². The number of hydrogen-bond donors (Lipinski definition) is 0. The fraction of sp³-hybridized carbons (Fsp3) is 1.00. The predicted molar refractivity (Wildman–Crippen MR) is 139 cm³/mol. The summed E-state index contributed by atoms with van der Waals surface area (Å²) >= 11 is 0. The van der Waals surface area contributed by atoms with Crippen LogP contribution in [0.2, 0.25) is 0 Å². The maximum atomic E-state index is 5.88. The standard InChI is InChI=1S/C29H58O3/c1-3-5-7-8-9-10-11-12-13-14-15-16-17-18-19-21-23-31-27-29-24-28(26-32-29)25-30-22-20-6-4-2/h28-29H,3-27H2,1-2H3/t28-,29-/m0/s1. The molecule has 3 heteroatoms. The van der Waals surface area contributed by atoms with E-state index in [0.717, 1.165) is 39.5 Å². The van der Waals surface area contributed by atoms with Crippen LogP contribution in [-0.2, 0) is 14.2 Å². The Morgan fingerprint density at radius 3 is 1.47 bits per heavy atom. The second kappa shape index (κ2) is 24.0. The summed E-state index contributed by atoms with van der Waals surface area (Å²) in [4.78, 5) is 0. The van der Waals surface area contributed by atoms with Gasteiger partial charge in [-0.05, 0) is 19.3 Å². The molecule has 0 unspecified atom stereocenters. The minimum absolute atomic E-state index is 0.292. The van der Waals surface area contributed by atoms with Crippen LogP contribution in [0.15, 0.2) is 0 Å². The van der Waals surface area contributed by atoms with Crippen molar-refractivity contribution in [3.05, 3.63) is 0 Å². The smallest absolute Gasteiger partial charge is 0.0813 e. The van der Waals surface area contributed by atoms with Crippen molar-refractivity contribution in [1.82, 2.24) is 0 Å². The molecule has 0 aromatic rings. The molecule has 0 aliphatic carbocycles. The van der Waals surface area contributed by atoms with Gasteiger partial charge in [0.1, 0.15) is 0 Å². The normalized spacial score (nSPS) is 18.6. The zero-order chi connectivity index (χ0) is 23.0. The first-order chi connectivity index (χ1) is 15.9. The summed E-state index contributed by atoms with van der Waals surface area (Å²) < 4.78 is 17.5. The second-order valence-electron chi connectivity index (χ2n) is 10.2. The van der Waals surface area contributed by atoms with E-state index >= 15 is 0 Å². The van der Waals surface area contributed by atoms with Crippen molar-refractivity contribution in [2.24, 2.45) is 5.92 Å². The van der Waals surface area contributed by atoms with E-state index in [0.29, 0.717) is 12.0 Å². The molecule has 0 bridgehead atoms. The van der Waals surface area contributed by atoms with Crippen molar-refractivity contribution in [1.29, 1.82) is 0 Å². The summed E-state index contributed by atoms with van der Waals surface area (Å²) in [6, 6.07) is 0. The Labute approximate surface area is 201 Å². The van der Waals surface area contributed by atoms with E-state index in [1.807, 2.05) is 0 Å². The summed E-state index contributed by atoms with van der Waals surface area (Å²) in [6.07, 6.45) is 27.7. The van der Waals surface area contributed by atoms with Crippen molar-refractivity contribution in [2.75, 3.05) is 33.0 Å². The molecular formula is C29H58O3. The quantitative estimate of drug-likeness (QED) is 0.129. The van der Waals surface area contributed by atoms with E-state index in [-0.39, 0.29) is 0 Å². The van der Waals surface area contributed by atoms with Gasteiger partial charge in [0, 0.05) is 19.1 Å². The highest BCUT2D eigenvalue weighted by Gasteiger charge is 2.25. The third-order valence-electron chi connectivity index (χ3n) is 6.86. The molecule has 0 aromatic heterocycles. The first-order valence-electron chi connectivity index (χ1n) is 14.6. The Hall–Kier alpha value is -0.120. The van der Waals surface area contributed by atoms with Gasteiger partial charge in [0.15, 0.2) is 0 Å². The van der Waals surface area contributed by atoms with Gasteiger partial charge in [0.05, 0.1) is 25.9 Å². The number of hydrogen-bond acceptors (Lipinski definition) is 3. The lowest BCUT2D eigenvalue weighted by atomic mass is 10.0. The SMILES string of the molecule is CCCCCCCCCCCCCCCCCCOC[C@@H]1C[C@@H](COCCCCC)CO1. The molecule has 1 aliphatic heterocycles. The maximum absolute atomic E-state index is 5.88. The van der Waals surface area contributed by atoms with Gasteiger partial charge < -0.3 is 14.2 Å². The second-order valence-corrected chi connectivity index (χ2v) is 10.2. The maximum Gasteiger partial charge on any atom is 0.0813 e.